The lowest BCUT2D eigenvalue weighted by Crippen LogP contribution is -2.61. The first-order valence-electron chi connectivity index (χ1n) is 18.3. The lowest BCUT2D eigenvalue weighted by Gasteiger charge is -2.36. The van der Waals surface area contributed by atoms with Crippen LogP contribution in [0.3, 0.4) is 0 Å². The number of pyridine rings is 1. The monoisotopic (exact) mass is 708 g/mol. The number of carbonyl (C=O) groups excluding carboxylic acids is 4. The highest BCUT2D eigenvalue weighted by Crippen LogP contribution is 2.42. The van der Waals surface area contributed by atoms with Crippen molar-refractivity contribution >= 4 is 34.5 Å². The third-order valence-corrected chi connectivity index (χ3v) is 9.52. The van der Waals surface area contributed by atoms with Crippen molar-refractivity contribution in [2.75, 3.05) is 13.7 Å². The standard InChI is InChI=1S/C38H56N6O7/c1-9-10-27(30(45)33(47)39-23-13-14-23)40-32(46)29-19-25(20-44(29)35(48)31(37(2,3)4)42-36(49)43-38(5,6)7)51-34-26-16-15-24(50-8)17-22(26)18-28(41-34)21-11-12-21/h15-18,21,23,25,27,29-31,45H,9-14,19-20H2,1-8H3,(H,39,47)(H,40,46)(H2,42,43,49)/t25-,27?,29+,30?,31?/m1/s1. The quantitative estimate of drug-likeness (QED) is 0.209. The van der Waals surface area contributed by atoms with Gasteiger partial charge in [-0.2, -0.15) is 0 Å². The number of ether oxygens (including phenoxy) is 2. The molecule has 1 aromatic carbocycles. The number of fused-ring (bicyclic) bond motifs is 1. The van der Waals surface area contributed by atoms with Gasteiger partial charge in [0.1, 0.15) is 23.9 Å². The molecule has 2 saturated carbocycles. The molecular weight excluding hydrogens is 652 g/mol. The van der Waals surface area contributed by atoms with Crippen LogP contribution in [0.25, 0.3) is 10.8 Å². The maximum atomic E-state index is 14.5. The fourth-order valence-corrected chi connectivity index (χ4v) is 6.48. The number of hydrogen-bond acceptors (Lipinski definition) is 8. The third-order valence-electron chi connectivity index (χ3n) is 9.52. The molecule has 5 amide bonds. The molecule has 5 N–H and O–H groups in total. The van der Waals surface area contributed by atoms with E-state index < -0.39 is 65.0 Å². The zero-order valence-electron chi connectivity index (χ0n) is 31.3. The maximum absolute atomic E-state index is 14.5. The number of aromatic nitrogens is 1. The van der Waals surface area contributed by atoms with E-state index in [1.165, 1.54) is 4.90 Å². The summed E-state index contributed by atoms with van der Waals surface area (Å²) >= 11 is 0. The van der Waals surface area contributed by atoms with Gasteiger partial charge >= 0.3 is 6.03 Å². The minimum Gasteiger partial charge on any atom is -0.497 e. The van der Waals surface area contributed by atoms with Crippen molar-refractivity contribution in [3.05, 3.63) is 30.0 Å². The Morgan fingerprint density at radius 3 is 2.31 bits per heavy atom. The topological polar surface area (TPSA) is 171 Å². The summed E-state index contributed by atoms with van der Waals surface area (Å²) in [5, 5.41) is 24.1. The number of urea groups is 1. The molecule has 13 nitrogen and oxygen atoms in total. The van der Waals surface area contributed by atoms with Crippen molar-refractivity contribution in [1.29, 1.82) is 0 Å². The summed E-state index contributed by atoms with van der Waals surface area (Å²) in [6, 6.07) is 4.44. The Hall–Kier alpha value is -4.13. The van der Waals surface area contributed by atoms with Crippen LogP contribution in [-0.2, 0) is 14.4 Å². The van der Waals surface area contributed by atoms with Gasteiger partial charge in [-0.1, -0.05) is 34.1 Å². The second-order valence-corrected chi connectivity index (χ2v) is 16.5. The molecule has 1 saturated heterocycles. The normalized spacial score (nSPS) is 21.0. The van der Waals surface area contributed by atoms with Gasteiger partial charge in [-0.05, 0) is 87.9 Å². The fraction of sp³-hybridized carbons (Fsp3) is 0.658. The Balaban J connectivity index is 1.44. The second-order valence-electron chi connectivity index (χ2n) is 16.5. The van der Waals surface area contributed by atoms with Gasteiger partial charge in [-0.25, -0.2) is 9.78 Å². The van der Waals surface area contributed by atoms with E-state index in [2.05, 4.69) is 27.3 Å². The number of nitrogens with zero attached hydrogens (tertiary/aromatic N) is 2. The van der Waals surface area contributed by atoms with Crippen LogP contribution in [0.2, 0.25) is 0 Å². The highest BCUT2D eigenvalue weighted by atomic mass is 16.5. The first-order valence-corrected chi connectivity index (χ1v) is 18.3. The van der Waals surface area contributed by atoms with Crippen LogP contribution in [0.4, 0.5) is 4.79 Å². The first-order chi connectivity index (χ1) is 24.0. The van der Waals surface area contributed by atoms with Crippen LogP contribution in [0.1, 0.15) is 105 Å². The van der Waals surface area contributed by atoms with Crippen LogP contribution in [0.5, 0.6) is 11.6 Å². The van der Waals surface area contributed by atoms with Gasteiger partial charge < -0.3 is 40.7 Å². The number of rotatable bonds is 13. The van der Waals surface area contributed by atoms with Crippen LogP contribution >= 0.6 is 0 Å². The number of likely N-dealkylation sites (tertiary alicyclic amines) is 1. The SMILES string of the molecule is CCCC(NC(=O)[C@@H]1C[C@@H](Oc2nc(C3CC3)cc3cc(OC)ccc23)CN1C(=O)C(NC(=O)NC(C)(C)C)C(C)(C)C)C(O)C(=O)NC1CC1. The molecule has 2 aliphatic carbocycles. The summed E-state index contributed by atoms with van der Waals surface area (Å²) in [6.07, 6.45) is 2.86. The third kappa shape index (κ3) is 9.81. The summed E-state index contributed by atoms with van der Waals surface area (Å²) in [6.45, 7) is 13.1. The van der Waals surface area contributed by atoms with E-state index in [-0.39, 0.29) is 19.0 Å². The minimum atomic E-state index is -1.45. The van der Waals surface area contributed by atoms with Crippen molar-refractivity contribution in [2.45, 2.75) is 141 Å². The van der Waals surface area contributed by atoms with Crippen LogP contribution < -0.4 is 30.7 Å². The average molecular weight is 709 g/mol. The number of hydrogen-bond donors (Lipinski definition) is 5. The molecule has 1 aromatic heterocycles. The molecule has 2 heterocycles. The van der Waals surface area contributed by atoms with Crippen LogP contribution in [0, 0.1) is 5.41 Å². The Labute approximate surface area is 301 Å². The zero-order chi connectivity index (χ0) is 37.2. The Bertz CT molecular complexity index is 1610. The molecule has 0 bridgehead atoms. The number of aliphatic hydroxyl groups is 1. The van der Waals surface area contributed by atoms with E-state index in [1.54, 1.807) is 7.11 Å². The number of benzene rings is 1. The van der Waals surface area contributed by atoms with Crippen molar-refractivity contribution in [3.63, 3.8) is 0 Å². The smallest absolute Gasteiger partial charge is 0.315 e. The predicted molar refractivity (Wildman–Crippen MR) is 193 cm³/mol. The summed E-state index contributed by atoms with van der Waals surface area (Å²) in [4.78, 5) is 61.0. The van der Waals surface area contributed by atoms with Crippen LogP contribution in [0.15, 0.2) is 24.3 Å². The van der Waals surface area contributed by atoms with Gasteiger partial charge in [0.05, 0.1) is 19.7 Å². The van der Waals surface area contributed by atoms with E-state index >= 15 is 0 Å². The highest BCUT2D eigenvalue weighted by molar-refractivity contribution is 5.94. The van der Waals surface area contributed by atoms with Crippen molar-refractivity contribution in [2.24, 2.45) is 5.41 Å². The molecule has 0 radical (unpaired) electrons. The van der Waals surface area contributed by atoms with E-state index in [0.29, 0.717) is 30.4 Å². The minimum absolute atomic E-state index is 0.0486. The number of amides is 5. The first kappa shape index (κ1) is 38.1. The van der Waals surface area contributed by atoms with Gasteiger partial charge in [-0.15, -0.1) is 0 Å². The summed E-state index contributed by atoms with van der Waals surface area (Å²) < 4.78 is 12.1. The molecular formula is C38H56N6O7. The molecule has 5 rings (SSSR count). The maximum Gasteiger partial charge on any atom is 0.315 e. The molecule has 51 heavy (non-hydrogen) atoms. The van der Waals surface area contributed by atoms with Gasteiger partial charge in [0.2, 0.25) is 17.7 Å². The lowest BCUT2D eigenvalue weighted by atomic mass is 9.85. The molecule has 3 unspecified atom stereocenters. The van der Waals surface area contributed by atoms with E-state index in [0.717, 1.165) is 42.1 Å². The molecule has 13 heteroatoms. The van der Waals surface area contributed by atoms with E-state index in [4.69, 9.17) is 14.5 Å². The Kier molecular flexibility index (Phi) is 11.4. The van der Waals surface area contributed by atoms with E-state index in [9.17, 15) is 24.3 Å². The summed E-state index contributed by atoms with van der Waals surface area (Å²) in [7, 11) is 1.62. The zero-order valence-corrected chi connectivity index (χ0v) is 31.3. The molecule has 2 aromatic rings. The fourth-order valence-electron chi connectivity index (χ4n) is 6.48. The van der Waals surface area contributed by atoms with Gasteiger partial charge in [0.15, 0.2) is 6.10 Å². The van der Waals surface area contributed by atoms with Crippen molar-refractivity contribution < 1.29 is 33.8 Å². The molecule has 3 fully saturated rings. The number of nitrogens with one attached hydrogen (secondary N) is 4. The Morgan fingerprint density at radius 2 is 1.73 bits per heavy atom. The molecule has 280 valence electrons. The lowest BCUT2D eigenvalue weighted by molar-refractivity contribution is -0.143. The Morgan fingerprint density at radius 1 is 1.02 bits per heavy atom. The number of aliphatic hydroxyl groups excluding tert-OH is 1. The van der Waals surface area contributed by atoms with Gasteiger partial charge in [0.25, 0.3) is 5.91 Å². The predicted octanol–water partition coefficient (Wildman–Crippen LogP) is 3.91. The van der Waals surface area contributed by atoms with Gasteiger partial charge in [0, 0.05) is 35.0 Å². The largest absolute Gasteiger partial charge is 0.497 e. The average Bonchev–Trinajstić information content (AvgIpc) is 3.99. The highest BCUT2D eigenvalue weighted by Gasteiger charge is 2.47. The van der Waals surface area contributed by atoms with E-state index in [1.807, 2.05) is 66.7 Å². The van der Waals surface area contributed by atoms with Crippen molar-refractivity contribution in [3.8, 4) is 11.6 Å². The second kappa shape index (κ2) is 15.2. The molecule has 0 spiro atoms. The summed E-state index contributed by atoms with van der Waals surface area (Å²) in [5.74, 6) is 0.00506. The summed E-state index contributed by atoms with van der Waals surface area (Å²) in [5.41, 5.74) is -0.335. The number of carbonyl (C=O) groups is 4. The molecule has 3 aliphatic rings. The molecule has 5 atom stereocenters. The van der Waals surface area contributed by atoms with Crippen molar-refractivity contribution in [1.82, 2.24) is 31.2 Å². The molecule has 1 aliphatic heterocycles. The van der Waals surface area contributed by atoms with Gasteiger partial charge in [-0.3, -0.25) is 14.4 Å². The number of methoxy groups -OCH3 is 1. The van der Waals surface area contributed by atoms with Crippen LogP contribution in [-0.4, -0.2) is 94.3 Å².